The Morgan fingerprint density at radius 3 is 2.50 bits per heavy atom. The standard InChI is InChI=1S/C14H18N4O3S3/c1-4-9-22-14-17-16-13(23-14)15-12(19)10-5-7-11(8-6-10)24(20,21)18(2)3/h5-8H,4,9H2,1-3H3,(H,15,16,19). The van der Waals surface area contributed by atoms with Crippen LogP contribution in [0.5, 0.6) is 0 Å². The summed E-state index contributed by atoms with van der Waals surface area (Å²) in [5, 5.41) is 11.0. The predicted octanol–water partition coefficient (Wildman–Crippen LogP) is 2.54. The lowest BCUT2D eigenvalue weighted by atomic mass is 10.2. The first-order valence-corrected chi connectivity index (χ1v) is 10.4. The summed E-state index contributed by atoms with van der Waals surface area (Å²) in [4.78, 5) is 12.3. The minimum Gasteiger partial charge on any atom is -0.296 e. The third-order valence-corrected chi connectivity index (χ3v) is 6.96. The average molecular weight is 387 g/mol. The topological polar surface area (TPSA) is 92.3 Å². The van der Waals surface area contributed by atoms with Gasteiger partial charge in [-0.3, -0.25) is 10.1 Å². The van der Waals surface area contributed by atoms with Crippen LogP contribution in [0.1, 0.15) is 23.7 Å². The van der Waals surface area contributed by atoms with E-state index in [0.29, 0.717) is 10.7 Å². The van der Waals surface area contributed by atoms with E-state index in [1.807, 2.05) is 0 Å². The molecule has 0 fully saturated rings. The Balaban J connectivity index is 2.06. The van der Waals surface area contributed by atoms with E-state index in [9.17, 15) is 13.2 Å². The molecule has 1 aromatic carbocycles. The number of carbonyl (C=O) groups is 1. The molecule has 0 spiro atoms. The van der Waals surface area contributed by atoms with Crippen LogP contribution in [0.3, 0.4) is 0 Å². The summed E-state index contributed by atoms with van der Waals surface area (Å²) in [5.41, 5.74) is 0.352. The molecule has 24 heavy (non-hydrogen) atoms. The summed E-state index contributed by atoms with van der Waals surface area (Å²) in [6.45, 7) is 2.08. The van der Waals surface area contributed by atoms with E-state index in [1.165, 1.54) is 49.7 Å². The van der Waals surface area contributed by atoms with Crippen LogP contribution < -0.4 is 5.32 Å². The quantitative estimate of drug-likeness (QED) is 0.581. The highest BCUT2D eigenvalue weighted by molar-refractivity contribution is 8.01. The van der Waals surface area contributed by atoms with Gasteiger partial charge >= 0.3 is 0 Å². The van der Waals surface area contributed by atoms with Crippen LogP contribution in [0, 0.1) is 0 Å². The van der Waals surface area contributed by atoms with E-state index < -0.39 is 10.0 Å². The zero-order chi connectivity index (χ0) is 17.7. The normalized spacial score (nSPS) is 11.7. The number of thioether (sulfide) groups is 1. The highest BCUT2D eigenvalue weighted by Crippen LogP contribution is 2.26. The average Bonchev–Trinajstić information content (AvgIpc) is 3.00. The van der Waals surface area contributed by atoms with E-state index in [2.05, 4.69) is 22.4 Å². The van der Waals surface area contributed by atoms with Gasteiger partial charge < -0.3 is 0 Å². The molecule has 1 N–H and O–H groups in total. The van der Waals surface area contributed by atoms with Gasteiger partial charge in [0, 0.05) is 25.4 Å². The van der Waals surface area contributed by atoms with Crippen molar-refractivity contribution in [3.05, 3.63) is 29.8 Å². The molecule has 2 aromatic rings. The van der Waals surface area contributed by atoms with Crippen LogP contribution in [-0.2, 0) is 10.0 Å². The van der Waals surface area contributed by atoms with Crippen LogP contribution in [0.2, 0.25) is 0 Å². The Morgan fingerprint density at radius 1 is 1.25 bits per heavy atom. The summed E-state index contributed by atoms with van der Waals surface area (Å²) in [7, 11) is -0.589. The van der Waals surface area contributed by atoms with Gasteiger partial charge in [-0.2, -0.15) is 0 Å². The lowest BCUT2D eigenvalue weighted by Crippen LogP contribution is -2.22. The van der Waals surface area contributed by atoms with Gasteiger partial charge in [0.15, 0.2) is 4.34 Å². The largest absolute Gasteiger partial charge is 0.296 e. The Morgan fingerprint density at radius 2 is 1.92 bits per heavy atom. The number of nitrogens with zero attached hydrogens (tertiary/aromatic N) is 3. The van der Waals surface area contributed by atoms with Crippen LogP contribution in [0.25, 0.3) is 0 Å². The fraction of sp³-hybridized carbons (Fsp3) is 0.357. The zero-order valence-electron chi connectivity index (χ0n) is 13.5. The number of hydrogen-bond acceptors (Lipinski definition) is 7. The molecule has 0 aliphatic carbocycles. The smallest absolute Gasteiger partial charge is 0.257 e. The molecular formula is C14H18N4O3S3. The van der Waals surface area contributed by atoms with Crippen molar-refractivity contribution < 1.29 is 13.2 Å². The second-order valence-electron chi connectivity index (χ2n) is 4.99. The van der Waals surface area contributed by atoms with Crippen molar-refractivity contribution in [2.75, 3.05) is 25.2 Å². The number of amides is 1. The first-order chi connectivity index (χ1) is 11.3. The maximum atomic E-state index is 12.2. The van der Waals surface area contributed by atoms with E-state index >= 15 is 0 Å². The third-order valence-electron chi connectivity index (χ3n) is 2.95. The SMILES string of the molecule is CCCSc1nnc(NC(=O)c2ccc(S(=O)(=O)N(C)C)cc2)s1. The minimum absolute atomic E-state index is 0.137. The van der Waals surface area contributed by atoms with Gasteiger partial charge in [0.05, 0.1) is 4.90 Å². The molecule has 0 unspecified atom stereocenters. The van der Waals surface area contributed by atoms with Gasteiger partial charge in [-0.15, -0.1) is 10.2 Å². The number of hydrogen-bond donors (Lipinski definition) is 1. The molecule has 0 bridgehead atoms. The Bertz CT molecular complexity index is 801. The van der Waals surface area contributed by atoms with Gasteiger partial charge in [0.1, 0.15) is 0 Å². The van der Waals surface area contributed by atoms with Crippen molar-refractivity contribution in [2.45, 2.75) is 22.6 Å². The van der Waals surface area contributed by atoms with Crippen molar-refractivity contribution in [1.82, 2.24) is 14.5 Å². The highest BCUT2D eigenvalue weighted by atomic mass is 32.2. The predicted molar refractivity (Wildman–Crippen MR) is 96.2 cm³/mol. The van der Waals surface area contributed by atoms with Crippen molar-refractivity contribution >= 4 is 44.2 Å². The molecule has 1 amide bonds. The van der Waals surface area contributed by atoms with E-state index in [0.717, 1.165) is 20.8 Å². The second-order valence-corrected chi connectivity index (χ2v) is 9.46. The molecule has 0 saturated carbocycles. The van der Waals surface area contributed by atoms with Crippen LogP contribution in [0.15, 0.2) is 33.5 Å². The molecule has 2 rings (SSSR count). The zero-order valence-corrected chi connectivity index (χ0v) is 16.0. The molecule has 0 atom stereocenters. The Kier molecular flexibility index (Phi) is 6.33. The number of aromatic nitrogens is 2. The number of anilines is 1. The highest BCUT2D eigenvalue weighted by Gasteiger charge is 2.18. The summed E-state index contributed by atoms with van der Waals surface area (Å²) in [5.74, 6) is 0.594. The molecule has 0 aliphatic heterocycles. The molecule has 0 radical (unpaired) electrons. The molecule has 0 aliphatic rings. The summed E-state index contributed by atoms with van der Waals surface area (Å²) in [6, 6.07) is 5.76. The number of sulfonamides is 1. The van der Waals surface area contributed by atoms with Crippen LogP contribution >= 0.6 is 23.1 Å². The molecule has 1 aromatic heterocycles. The Labute approximate surface area is 149 Å². The van der Waals surface area contributed by atoms with Gasteiger partial charge in [-0.1, -0.05) is 30.0 Å². The van der Waals surface area contributed by atoms with E-state index in [4.69, 9.17) is 0 Å². The maximum absolute atomic E-state index is 12.2. The van der Waals surface area contributed by atoms with Crippen LogP contribution in [0.4, 0.5) is 5.13 Å². The van der Waals surface area contributed by atoms with Gasteiger partial charge in [0.25, 0.3) is 5.91 Å². The minimum atomic E-state index is -3.51. The van der Waals surface area contributed by atoms with Gasteiger partial charge in [-0.05, 0) is 30.7 Å². The fourth-order valence-corrected chi connectivity index (χ4v) is 4.24. The molecular weight excluding hydrogens is 368 g/mol. The van der Waals surface area contributed by atoms with Gasteiger partial charge in [0.2, 0.25) is 15.2 Å². The van der Waals surface area contributed by atoms with Crippen molar-refractivity contribution in [1.29, 1.82) is 0 Å². The maximum Gasteiger partial charge on any atom is 0.257 e. The van der Waals surface area contributed by atoms with Gasteiger partial charge in [-0.25, -0.2) is 12.7 Å². The first kappa shape index (κ1) is 18.8. The fourth-order valence-electron chi connectivity index (χ4n) is 1.67. The lowest BCUT2D eigenvalue weighted by Gasteiger charge is -2.11. The monoisotopic (exact) mass is 386 g/mol. The van der Waals surface area contributed by atoms with Crippen molar-refractivity contribution in [3.8, 4) is 0 Å². The lowest BCUT2D eigenvalue weighted by molar-refractivity contribution is 0.102. The molecule has 1 heterocycles. The summed E-state index contributed by atoms with van der Waals surface area (Å²) < 4.78 is 25.9. The van der Waals surface area contributed by atoms with Crippen LogP contribution in [-0.4, -0.2) is 48.7 Å². The number of rotatable bonds is 7. The number of benzene rings is 1. The molecule has 7 nitrogen and oxygen atoms in total. The molecule has 10 heteroatoms. The molecule has 130 valence electrons. The first-order valence-electron chi connectivity index (χ1n) is 7.15. The number of nitrogens with one attached hydrogen (secondary N) is 1. The Hall–Kier alpha value is -1.49. The third kappa shape index (κ3) is 4.53. The number of carbonyl (C=O) groups excluding carboxylic acids is 1. The summed E-state index contributed by atoms with van der Waals surface area (Å²) in [6.07, 6.45) is 1.04. The van der Waals surface area contributed by atoms with E-state index in [-0.39, 0.29) is 10.8 Å². The summed E-state index contributed by atoms with van der Waals surface area (Å²) >= 11 is 2.91. The van der Waals surface area contributed by atoms with Crippen molar-refractivity contribution in [3.63, 3.8) is 0 Å². The van der Waals surface area contributed by atoms with E-state index in [1.54, 1.807) is 11.8 Å². The second kappa shape index (κ2) is 8.06. The van der Waals surface area contributed by atoms with Crippen molar-refractivity contribution in [2.24, 2.45) is 0 Å². The molecule has 0 saturated heterocycles.